The monoisotopic (exact) mass is 267 g/mol. The largest absolute Gasteiger partial charge is 0.323 e. The van der Waals surface area contributed by atoms with Crippen molar-refractivity contribution in [1.29, 1.82) is 0 Å². The molecular weight excluding hydrogens is 246 g/mol. The van der Waals surface area contributed by atoms with Crippen LogP contribution in [0, 0.1) is 0 Å². The zero-order chi connectivity index (χ0) is 13.3. The lowest BCUT2D eigenvalue weighted by Crippen LogP contribution is -2.31. The Hall–Kier alpha value is -0.870. The van der Waals surface area contributed by atoms with Crippen LogP contribution in [0.3, 0.4) is 0 Å². The van der Waals surface area contributed by atoms with Gasteiger partial charge in [0, 0.05) is 12.3 Å². The van der Waals surface area contributed by atoms with Crippen LogP contribution < -0.4 is 5.73 Å². The molecule has 0 aromatic heterocycles. The normalized spacial score (nSPS) is 20.2. The molecule has 4 heteroatoms. The van der Waals surface area contributed by atoms with E-state index in [0.29, 0.717) is 5.92 Å². The van der Waals surface area contributed by atoms with Gasteiger partial charge in [-0.2, -0.15) is 0 Å². The molecule has 2 unspecified atom stereocenters. The minimum Gasteiger partial charge on any atom is -0.323 e. The molecule has 1 fully saturated rings. The lowest BCUT2D eigenvalue weighted by atomic mass is 9.77. The van der Waals surface area contributed by atoms with Gasteiger partial charge in [0.05, 0.1) is 5.25 Å². The van der Waals surface area contributed by atoms with Crippen LogP contribution in [0.4, 0.5) is 0 Å². The highest BCUT2D eigenvalue weighted by Crippen LogP contribution is 2.39. The fourth-order valence-corrected chi connectivity index (χ4v) is 3.10. The smallest absolute Gasteiger partial charge is 0.151 e. The summed E-state index contributed by atoms with van der Waals surface area (Å²) in [7, 11) is -3.11. The Bertz CT molecular complexity index is 520. The van der Waals surface area contributed by atoms with Crippen LogP contribution in [0.25, 0.3) is 0 Å². The predicted octanol–water partition coefficient (Wildman–Crippen LogP) is 2.39. The van der Waals surface area contributed by atoms with Crippen LogP contribution in [0.1, 0.15) is 49.3 Å². The van der Waals surface area contributed by atoms with Gasteiger partial charge in [-0.3, -0.25) is 0 Å². The number of hydrogen-bond acceptors (Lipinski definition) is 3. The second-order valence-corrected chi connectivity index (χ2v) is 7.72. The highest BCUT2D eigenvalue weighted by molar-refractivity contribution is 7.91. The molecule has 1 aromatic carbocycles. The number of rotatable bonds is 4. The first kappa shape index (κ1) is 13.6. The van der Waals surface area contributed by atoms with Crippen LogP contribution in [-0.4, -0.2) is 19.9 Å². The minimum absolute atomic E-state index is 0.434. The highest BCUT2D eigenvalue weighted by atomic mass is 32.2. The van der Waals surface area contributed by atoms with E-state index in [0.717, 1.165) is 5.56 Å². The topological polar surface area (TPSA) is 60.2 Å². The molecule has 1 saturated carbocycles. The van der Waals surface area contributed by atoms with E-state index >= 15 is 0 Å². The number of hydrogen-bond donors (Lipinski definition) is 1. The van der Waals surface area contributed by atoms with Crippen molar-refractivity contribution in [1.82, 2.24) is 0 Å². The first-order valence-electron chi connectivity index (χ1n) is 6.44. The minimum atomic E-state index is -3.11. The maximum absolute atomic E-state index is 11.6. The quantitative estimate of drug-likeness (QED) is 0.911. The Morgan fingerprint density at radius 2 is 1.89 bits per heavy atom. The second kappa shape index (κ2) is 5.02. The zero-order valence-electron chi connectivity index (χ0n) is 11.0. The molecule has 2 rings (SSSR count). The molecule has 0 aliphatic heterocycles. The van der Waals surface area contributed by atoms with Crippen molar-refractivity contribution in [3.05, 3.63) is 35.4 Å². The van der Waals surface area contributed by atoms with Gasteiger partial charge in [0.2, 0.25) is 0 Å². The van der Waals surface area contributed by atoms with Crippen molar-refractivity contribution < 1.29 is 8.42 Å². The van der Waals surface area contributed by atoms with Gasteiger partial charge >= 0.3 is 0 Å². The van der Waals surface area contributed by atoms with Gasteiger partial charge < -0.3 is 5.73 Å². The third-order valence-electron chi connectivity index (χ3n) is 4.08. The van der Waals surface area contributed by atoms with Gasteiger partial charge in [0.25, 0.3) is 0 Å². The molecule has 1 aliphatic rings. The van der Waals surface area contributed by atoms with E-state index in [1.807, 2.05) is 18.2 Å². The standard InChI is InChI=1S/C14H21NO2S/c1-10(18(2,16)17)14(15)13-9-4-3-8-12(13)11-6-5-7-11/h3-4,8-11,14H,5-7,15H2,1-2H3. The molecule has 0 saturated heterocycles. The Balaban J connectivity index is 2.32. The molecule has 0 spiro atoms. The number of nitrogens with two attached hydrogens (primary N) is 1. The summed E-state index contributed by atoms with van der Waals surface area (Å²) in [5, 5.41) is -0.543. The van der Waals surface area contributed by atoms with Crippen LogP contribution >= 0.6 is 0 Å². The first-order chi connectivity index (χ1) is 8.41. The predicted molar refractivity (Wildman–Crippen MR) is 74.3 cm³/mol. The van der Waals surface area contributed by atoms with Crippen LogP contribution in [0.15, 0.2) is 24.3 Å². The van der Waals surface area contributed by atoms with Gasteiger partial charge in [-0.1, -0.05) is 30.7 Å². The summed E-state index contributed by atoms with van der Waals surface area (Å²) >= 11 is 0. The third-order valence-corrected chi connectivity index (χ3v) is 5.73. The van der Waals surface area contributed by atoms with Crippen molar-refractivity contribution in [2.75, 3.05) is 6.26 Å². The van der Waals surface area contributed by atoms with Crippen LogP contribution in [0.2, 0.25) is 0 Å². The van der Waals surface area contributed by atoms with Crippen molar-refractivity contribution in [2.45, 2.75) is 43.4 Å². The molecule has 3 nitrogen and oxygen atoms in total. The summed E-state index contributed by atoms with van der Waals surface area (Å²) < 4.78 is 23.3. The summed E-state index contributed by atoms with van der Waals surface area (Å²) in [4.78, 5) is 0. The van der Waals surface area contributed by atoms with Gasteiger partial charge in [0.15, 0.2) is 9.84 Å². The highest BCUT2D eigenvalue weighted by Gasteiger charge is 2.29. The lowest BCUT2D eigenvalue weighted by Gasteiger charge is -2.30. The van der Waals surface area contributed by atoms with Crippen LogP contribution in [-0.2, 0) is 9.84 Å². The summed E-state index contributed by atoms with van der Waals surface area (Å²) in [6.45, 7) is 1.69. The van der Waals surface area contributed by atoms with Crippen molar-refractivity contribution in [2.24, 2.45) is 5.73 Å². The summed E-state index contributed by atoms with van der Waals surface area (Å²) in [6.07, 6.45) is 4.90. The van der Waals surface area contributed by atoms with Crippen molar-refractivity contribution >= 4 is 9.84 Å². The molecule has 1 aliphatic carbocycles. The van der Waals surface area contributed by atoms with Gasteiger partial charge in [-0.25, -0.2) is 8.42 Å². The van der Waals surface area contributed by atoms with Crippen molar-refractivity contribution in [3.8, 4) is 0 Å². The number of sulfone groups is 1. The molecule has 1 aromatic rings. The molecule has 2 atom stereocenters. The average Bonchev–Trinajstić information content (AvgIpc) is 2.24. The number of benzene rings is 1. The lowest BCUT2D eigenvalue weighted by molar-refractivity contribution is 0.414. The molecular formula is C14H21NO2S. The van der Waals surface area contributed by atoms with E-state index in [1.165, 1.54) is 31.1 Å². The van der Waals surface area contributed by atoms with E-state index in [2.05, 4.69) is 6.07 Å². The Kier molecular flexibility index (Phi) is 3.78. The second-order valence-electron chi connectivity index (χ2n) is 5.32. The van der Waals surface area contributed by atoms with E-state index in [9.17, 15) is 8.42 Å². The van der Waals surface area contributed by atoms with Crippen molar-refractivity contribution in [3.63, 3.8) is 0 Å². The Labute approximate surface area is 109 Å². The fourth-order valence-electron chi connectivity index (χ4n) is 2.42. The Morgan fingerprint density at radius 1 is 1.28 bits per heavy atom. The molecule has 2 N–H and O–H groups in total. The first-order valence-corrected chi connectivity index (χ1v) is 8.40. The van der Waals surface area contributed by atoms with E-state index < -0.39 is 21.1 Å². The SMILES string of the molecule is CC(C(N)c1ccccc1C1CCC1)S(C)(=O)=O. The summed E-state index contributed by atoms with van der Waals surface area (Å²) in [6, 6.07) is 7.58. The maximum atomic E-state index is 11.6. The van der Waals surface area contributed by atoms with E-state index in [1.54, 1.807) is 6.92 Å². The van der Waals surface area contributed by atoms with E-state index in [-0.39, 0.29) is 0 Å². The van der Waals surface area contributed by atoms with E-state index in [4.69, 9.17) is 5.73 Å². The van der Waals surface area contributed by atoms with Crippen LogP contribution in [0.5, 0.6) is 0 Å². The average molecular weight is 267 g/mol. The summed E-state index contributed by atoms with van der Waals surface area (Å²) in [5.74, 6) is 0.569. The van der Waals surface area contributed by atoms with Gasteiger partial charge in [-0.15, -0.1) is 0 Å². The molecule has 0 radical (unpaired) electrons. The Morgan fingerprint density at radius 3 is 2.39 bits per heavy atom. The third kappa shape index (κ3) is 2.59. The molecule has 0 heterocycles. The summed E-state index contributed by atoms with van der Waals surface area (Å²) in [5.41, 5.74) is 8.41. The molecule has 18 heavy (non-hydrogen) atoms. The molecule has 0 amide bonds. The maximum Gasteiger partial charge on any atom is 0.151 e. The molecule has 100 valence electrons. The van der Waals surface area contributed by atoms with Gasteiger partial charge in [0.1, 0.15) is 0 Å². The van der Waals surface area contributed by atoms with Gasteiger partial charge in [-0.05, 0) is 36.8 Å². The fraction of sp³-hybridized carbons (Fsp3) is 0.571. The molecule has 0 bridgehead atoms. The zero-order valence-corrected chi connectivity index (χ0v) is 11.8.